The number of anilines is 3. The van der Waals surface area contributed by atoms with Crippen LogP contribution in [0.2, 0.25) is 0 Å². The first-order valence-electron chi connectivity index (χ1n) is 4.57. The van der Waals surface area contributed by atoms with E-state index in [-0.39, 0.29) is 11.4 Å². The zero-order chi connectivity index (χ0) is 11.7. The van der Waals surface area contributed by atoms with Gasteiger partial charge in [-0.05, 0) is 12.1 Å². The van der Waals surface area contributed by atoms with Gasteiger partial charge in [-0.15, -0.1) is 0 Å². The zero-order valence-electron chi connectivity index (χ0n) is 8.54. The number of nitrogen functional groups attached to an aromatic ring is 1. The van der Waals surface area contributed by atoms with E-state index in [0.29, 0.717) is 5.82 Å². The number of hydrogen-bond acceptors (Lipinski definition) is 3. The van der Waals surface area contributed by atoms with Crippen LogP contribution < -0.4 is 11.1 Å². The van der Waals surface area contributed by atoms with Gasteiger partial charge in [-0.2, -0.15) is 5.10 Å². The zero-order valence-corrected chi connectivity index (χ0v) is 8.54. The topological polar surface area (TPSA) is 55.9 Å². The maximum absolute atomic E-state index is 13.4. The molecule has 1 aromatic carbocycles. The molecule has 2 aromatic rings. The Kier molecular flexibility index (Phi) is 2.47. The van der Waals surface area contributed by atoms with Crippen LogP contribution >= 0.6 is 0 Å². The minimum absolute atomic E-state index is 0.0431. The average molecular weight is 224 g/mol. The van der Waals surface area contributed by atoms with Gasteiger partial charge < -0.3 is 11.1 Å². The molecule has 0 amide bonds. The first kappa shape index (κ1) is 10.4. The van der Waals surface area contributed by atoms with Crippen LogP contribution in [0, 0.1) is 11.6 Å². The van der Waals surface area contributed by atoms with Crippen molar-refractivity contribution in [1.82, 2.24) is 9.78 Å². The van der Waals surface area contributed by atoms with E-state index in [2.05, 4.69) is 10.4 Å². The molecule has 1 aromatic heterocycles. The van der Waals surface area contributed by atoms with Gasteiger partial charge in [-0.3, -0.25) is 4.68 Å². The van der Waals surface area contributed by atoms with E-state index in [9.17, 15) is 8.78 Å². The van der Waals surface area contributed by atoms with Crippen LogP contribution in [0.25, 0.3) is 0 Å². The number of aromatic nitrogens is 2. The largest absolute Gasteiger partial charge is 0.399 e. The number of nitrogens with two attached hydrogens (primary N) is 1. The standard InChI is InChI=1S/C10H10F2N4/c1-16-3-2-9(15-16)14-10-7(11)4-6(13)5-8(10)12/h2-5H,13H2,1H3,(H,14,15). The molecule has 0 saturated carbocycles. The molecule has 16 heavy (non-hydrogen) atoms. The Balaban J connectivity index is 2.34. The van der Waals surface area contributed by atoms with Gasteiger partial charge in [-0.25, -0.2) is 8.78 Å². The second kappa shape index (κ2) is 3.80. The predicted molar refractivity (Wildman–Crippen MR) is 57.3 cm³/mol. The third-order valence-electron chi connectivity index (χ3n) is 2.03. The molecule has 0 aliphatic heterocycles. The lowest BCUT2D eigenvalue weighted by atomic mass is 10.2. The summed E-state index contributed by atoms with van der Waals surface area (Å²) in [7, 11) is 1.71. The molecule has 0 fully saturated rings. The average Bonchev–Trinajstić information content (AvgIpc) is 2.58. The second-order valence-corrected chi connectivity index (χ2v) is 3.36. The van der Waals surface area contributed by atoms with E-state index in [0.717, 1.165) is 12.1 Å². The highest BCUT2D eigenvalue weighted by Crippen LogP contribution is 2.24. The fraction of sp³-hybridized carbons (Fsp3) is 0.100. The Morgan fingerprint density at radius 3 is 2.44 bits per heavy atom. The molecule has 0 aliphatic rings. The fourth-order valence-corrected chi connectivity index (χ4v) is 1.32. The minimum Gasteiger partial charge on any atom is -0.399 e. The van der Waals surface area contributed by atoms with Gasteiger partial charge in [0, 0.05) is 25.0 Å². The van der Waals surface area contributed by atoms with E-state index < -0.39 is 11.6 Å². The third kappa shape index (κ3) is 1.95. The molecule has 4 nitrogen and oxygen atoms in total. The van der Waals surface area contributed by atoms with Crippen molar-refractivity contribution in [1.29, 1.82) is 0 Å². The molecule has 0 atom stereocenters. The number of rotatable bonds is 2. The van der Waals surface area contributed by atoms with Crippen molar-refractivity contribution in [3.05, 3.63) is 36.0 Å². The van der Waals surface area contributed by atoms with Gasteiger partial charge in [-0.1, -0.05) is 0 Å². The van der Waals surface area contributed by atoms with Crippen LogP contribution in [0.3, 0.4) is 0 Å². The highest BCUT2D eigenvalue weighted by atomic mass is 19.1. The molecule has 0 saturated heterocycles. The van der Waals surface area contributed by atoms with E-state index in [1.54, 1.807) is 19.3 Å². The van der Waals surface area contributed by atoms with Gasteiger partial charge in [0.15, 0.2) is 17.5 Å². The first-order chi connectivity index (χ1) is 7.56. The smallest absolute Gasteiger partial charge is 0.152 e. The lowest BCUT2D eigenvalue weighted by Gasteiger charge is -2.06. The van der Waals surface area contributed by atoms with Crippen molar-refractivity contribution in [3.8, 4) is 0 Å². The fourth-order valence-electron chi connectivity index (χ4n) is 1.32. The molecule has 2 rings (SSSR count). The Hall–Kier alpha value is -2.11. The van der Waals surface area contributed by atoms with Crippen molar-refractivity contribution in [2.45, 2.75) is 0 Å². The lowest BCUT2D eigenvalue weighted by molar-refractivity contribution is 0.591. The van der Waals surface area contributed by atoms with Crippen LogP contribution in [-0.4, -0.2) is 9.78 Å². The molecule has 1 heterocycles. The predicted octanol–water partition coefficient (Wildman–Crippen LogP) is 2.02. The van der Waals surface area contributed by atoms with Crippen molar-refractivity contribution in [3.63, 3.8) is 0 Å². The van der Waals surface area contributed by atoms with Crippen molar-refractivity contribution >= 4 is 17.2 Å². The summed E-state index contributed by atoms with van der Waals surface area (Å²) in [5.74, 6) is -1.13. The normalized spacial score (nSPS) is 10.4. The molecular formula is C10H10F2N4. The maximum atomic E-state index is 13.4. The summed E-state index contributed by atoms with van der Waals surface area (Å²) in [5.41, 5.74) is 5.08. The Morgan fingerprint density at radius 1 is 1.31 bits per heavy atom. The molecule has 0 spiro atoms. The number of nitrogens with zero attached hydrogens (tertiary/aromatic N) is 2. The van der Waals surface area contributed by atoms with E-state index in [1.165, 1.54) is 4.68 Å². The first-order valence-corrected chi connectivity index (χ1v) is 4.57. The molecule has 0 bridgehead atoms. The Bertz CT molecular complexity index is 498. The Labute approximate surface area is 90.7 Å². The Morgan fingerprint density at radius 2 is 1.94 bits per heavy atom. The maximum Gasteiger partial charge on any atom is 0.152 e. The van der Waals surface area contributed by atoms with Crippen molar-refractivity contribution in [2.24, 2.45) is 7.05 Å². The molecule has 6 heteroatoms. The molecule has 3 N–H and O–H groups in total. The number of aryl methyl sites for hydroxylation is 1. The number of hydrogen-bond donors (Lipinski definition) is 2. The SMILES string of the molecule is Cn1ccc(Nc2c(F)cc(N)cc2F)n1. The summed E-state index contributed by atoms with van der Waals surface area (Å²) in [6, 6.07) is 3.71. The summed E-state index contributed by atoms with van der Waals surface area (Å²) < 4.78 is 28.3. The van der Waals surface area contributed by atoms with Crippen LogP contribution in [0.5, 0.6) is 0 Å². The lowest BCUT2D eigenvalue weighted by Crippen LogP contribution is -2.00. The summed E-state index contributed by atoms with van der Waals surface area (Å²) in [6.45, 7) is 0. The monoisotopic (exact) mass is 224 g/mol. The van der Waals surface area contributed by atoms with E-state index >= 15 is 0 Å². The highest BCUT2D eigenvalue weighted by molar-refractivity contribution is 5.60. The molecule has 84 valence electrons. The number of benzene rings is 1. The van der Waals surface area contributed by atoms with Gasteiger partial charge >= 0.3 is 0 Å². The van der Waals surface area contributed by atoms with Gasteiger partial charge in [0.25, 0.3) is 0 Å². The van der Waals surface area contributed by atoms with Crippen LogP contribution in [0.1, 0.15) is 0 Å². The summed E-state index contributed by atoms with van der Waals surface area (Å²) in [4.78, 5) is 0. The summed E-state index contributed by atoms with van der Waals surface area (Å²) >= 11 is 0. The van der Waals surface area contributed by atoms with Crippen molar-refractivity contribution in [2.75, 3.05) is 11.1 Å². The third-order valence-corrected chi connectivity index (χ3v) is 2.03. The highest BCUT2D eigenvalue weighted by Gasteiger charge is 2.11. The molecule has 0 unspecified atom stereocenters. The number of halogens is 2. The quantitative estimate of drug-likeness (QED) is 0.767. The van der Waals surface area contributed by atoms with Crippen LogP contribution in [0.15, 0.2) is 24.4 Å². The van der Waals surface area contributed by atoms with Crippen LogP contribution in [-0.2, 0) is 7.05 Å². The van der Waals surface area contributed by atoms with Crippen LogP contribution in [0.4, 0.5) is 26.0 Å². The summed E-state index contributed by atoms with van der Waals surface area (Å²) in [5, 5.41) is 6.50. The second-order valence-electron chi connectivity index (χ2n) is 3.36. The molecule has 0 radical (unpaired) electrons. The van der Waals surface area contributed by atoms with E-state index in [4.69, 9.17) is 5.73 Å². The minimum atomic E-state index is -0.747. The van der Waals surface area contributed by atoms with E-state index in [1.807, 2.05) is 0 Å². The molecule has 0 aliphatic carbocycles. The summed E-state index contributed by atoms with van der Waals surface area (Å²) in [6.07, 6.45) is 1.66. The van der Waals surface area contributed by atoms with Crippen molar-refractivity contribution < 1.29 is 8.78 Å². The van der Waals surface area contributed by atoms with Gasteiger partial charge in [0.2, 0.25) is 0 Å². The molecular weight excluding hydrogens is 214 g/mol. The van der Waals surface area contributed by atoms with Gasteiger partial charge in [0.1, 0.15) is 5.69 Å². The number of nitrogens with one attached hydrogen (secondary N) is 1. The van der Waals surface area contributed by atoms with Gasteiger partial charge in [0.05, 0.1) is 0 Å².